The number of rotatable bonds is 1. The second kappa shape index (κ2) is 5.74. The van der Waals surface area contributed by atoms with Crippen LogP contribution in [0.15, 0.2) is 30.5 Å². The summed E-state index contributed by atoms with van der Waals surface area (Å²) < 4.78 is 5.15. The van der Waals surface area contributed by atoms with Crippen molar-refractivity contribution in [3.8, 4) is 0 Å². The quantitative estimate of drug-likeness (QED) is 0.794. The van der Waals surface area contributed by atoms with E-state index in [1.54, 1.807) is 16.8 Å². The molecule has 2 saturated heterocycles. The third-order valence-corrected chi connectivity index (χ3v) is 4.88. The second-order valence-corrected chi connectivity index (χ2v) is 6.30. The molecule has 7 nitrogen and oxygen atoms in total. The molecule has 2 aliphatic rings. The molecule has 3 heterocycles. The summed E-state index contributed by atoms with van der Waals surface area (Å²) in [5.74, 6) is 0.137. The monoisotopic (exact) mass is 326 g/mol. The van der Waals surface area contributed by atoms with Crippen LogP contribution >= 0.6 is 0 Å². The molecule has 0 radical (unpaired) electrons. The van der Waals surface area contributed by atoms with Gasteiger partial charge in [-0.2, -0.15) is 0 Å². The third kappa shape index (κ3) is 2.46. The van der Waals surface area contributed by atoms with E-state index in [2.05, 4.69) is 9.97 Å². The molecule has 2 aromatic rings. The molecular formula is C17H18N4O3. The molecule has 0 unspecified atom stereocenters. The lowest BCUT2D eigenvalue weighted by atomic mass is 9.90. The number of amides is 2. The molecule has 2 fully saturated rings. The summed E-state index contributed by atoms with van der Waals surface area (Å²) in [6.07, 6.45) is 2.01. The third-order valence-electron chi connectivity index (χ3n) is 4.88. The number of piperidine rings is 1. The Kier molecular flexibility index (Phi) is 3.55. The Bertz CT molecular complexity index is 809. The van der Waals surface area contributed by atoms with Gasteiger partial charge in [0.05, 0.1) is 29.9 Å². The Hall–Kier alpha value is -2.70. The van der Waals surface area contributed by atoms with Crippen LogP contribution in [0.3, 0.4) is 0 Å². The number of carbonyl (C=O) groups is 2. The van der Waals surface area contributed by atoms with Crippen molar-refractivity contribution in [2.45, 2.75) is 12.5 Å². The Morgan fingerprint density at radius 2 is 2.08 bits per heavy atom. The Morgan fingerprint density at radius 1 is 1.29 bits per heavy atom. The highest BCUT2D eigenvalue weighted by Gasteiger charge is 2.40. The van der Waals surface area contributed by atoms with Crippen LogP contribution in [0.5, 0.6) is 0 Å². The van der Waals surface area contributed by atoms with E-state index in [0.717, 1.165) is 11.9 Å². The number of hydrogen-bond acceptors (Lipinski definition) is 5. The van der Waals surface area contributed by atoms with Gasteiger partial charge in [0.25, 0.3) is 5.91 Å². The standard InChI is InChI=1S/C17H18N4O3/c1-20-15-9-21(7-6-11(15)10-24-17(20)23)16(22)14-8-18-12-4-2-3-5-13(12)19-14/h2-5,8,11,15H,6-7,9-10H2,1H3/t11-,15+/m0/s1. The van der Waals surface area contributed by atoms with Crippen molar-refractivity contribution in [2.75, 3.05) is 26.7 Å². The van der Waals surface area contributed by atoms with Gasteiger partial charge in [-0.15, -0.1) is 0 Å². The minimum absolute atomic E-state index is 0.00244. The van der Waals surface area contributed by atoms with Gasteiger partial charge < -0.3 is 14.5 Å². The number of fused-ring (bicyclic) bond motifs is 2. The van der Waals surface area contributed by atoms with Crippen LogP contribution in [0.1, 0.15) is 16.9 Å². The van der Waals surface area contributed by atoms with Gasteiger partial charge in [-0.25, -0.2) is 9.78 Å². The van der Waals surface area contributed by atoms with Gasteiger partial charge in [0.15, 0.2) is 0 Å². The SMILES string of the molecule is CN1C(=O)OC[C@@H]2CCN(C(=O)c3cnc4ccccc4n3)C[C@H]21. The maximum absolute atomic E-state index is 12.8. The van der Waals surface area contributed by atoms with Crippen LogP contribution in [-0.4, -0.2) is 64.6 Å². The van der Waals surface area contributed by atoms with E-state index >= 15 is 0 Å². The molecule has 1 aromatic heterocycles. The van der Waals surface area contributed by atoms with Gasteiger partial charge >= 0.3 is 6.09 Å². The van der Waals surface area contributed by atoms with E-state index in [1.165, 1.54) is 6.20 Å². The highest BCUT2D eigenvalue weighted by molar-refractivity contribution is 5.94. The summed E-state index contributed by atoms with van der Waals surface area (Å²) in [7, 11) is 1.73. The van der Waals surface area contributed by atoms with E-state index in [9.17, 15) is 9.59 Å². The van der Waals surface area contributed by atoms with Crippen LogP contribution in [0.4, 0.5) is 4.79 Å². The summed E-state index contributed by atoms with van der Waals surface area (Å²) in [5, 5.41) is 0. The average molecular weight is 326 g/mol. The van der Waals surface area contributed by atoms with Crippen LogP contribution in [0.25, 0.3) is 11.0 Å². The number of likely N-dealkylation sites (N-methyl/N-ethyl adjacent to an activating group) is 1. The van der Waals surface area contributed by atoms with E-state index in [0.29, 0.717) is 30.9 Å². The number of para-hydroxylation sites is 2. The second-order valence-electron chi connectivity index (χ2n) is 6.30. The van der Waals surface area contributed by atoms with Crippen molar-refractivity contribution < 1.29 is 14.3 Å². The molecule has 7 heteroatoms. The predicted octanol–water partition coefficient (Wildman–Crippen LogP) is 1.54. The van der Waals surface area contributed by atoms with Gasteiger partial charge in [-0.1, -0.05) is 12.1 Å². The number of hydrogen-bond donors (Lipinski definition) is 0. The largest absolute Gasteiger partial charge is 0.449 e. The first kappa shape index (κ1) is 14.9. The van der Waals surface area contributed by atoms with Crippen molar-refractivity contribution in [3.05, 3.63) is 36.2 Å². The Labute approximate surface area is 139 Å². The smallest absolute Gasteiger partial charge is 0.409 e. The lowest BCUT2D eigenvalue weighted by Gasteiger charge is -2.44. The minimum atomic E-state index is -0.323. The first-order chi connectivity index (χ1) is 11.6. The molecule has 0 aliphatic carbocycles. The van der Waals surface area contributed by atoms with Crippen molar-refractivity contribution in [1.82, 2.24) is 19.8 Å². The molecule has 2 amide bonds. The van der Waals surface area contributed by atoms with Crippen molar-refractivity contribution in [3.63, 3.8) is 0 Å². The van der Waals surface area contributed by atoms with E-state index < -0.39 is 0 Å². The molecule has 0 saturated carbocycles. The highest BCUT2D eigenvalue weighted by Crippen LogP contribution is 2.27. The van der Waals surface area contributed by atoms with Gasteiger partial charge in [0.1, 0.15) is 5.69 Å². The fraction of sp³-hybridized carbons (Fsp3) is 0.412. The fourth-order valence-corrected chi connectivity index (χ4v) is 3.44. The lowest BCUT2D eigenvalue weighted by molar-refractivity contribution is -0.0151. The molecule has 24 heavy (non-hydrogen) atoms. The molecule has 0 N–H and O–H groups in total. The summed E-state index contributed by atoms with van der Waals surface area (Å²) >= 11 is 0. The number of nitrogens with zero attached hydrogens (tertiary/aromatic N) is 4. The van der Waals surface area contributed by atoms with Crippen LogP contribution < -0.4 is 0 Å². The number of ether oxygens (including phenoxy) is 1. The number of likely N-dealkylation sites (tertiary alicyclic amines) is 1. The maximum atomic E-state index is 12.8. The highest BCUT2D eigenvalue weighted by atomic mass is 16.6. The first-order valence-electron chi connectivity index (χ1n) is 8.04. The molecule has 1 aromatic carbocycles. The predicted molar refractivity (Wildman–Crippen MR) is 86.4 cm³/mol. The van der Waals surface area contributed by atoms with Crippen molar-refractivity contribution in [1.29, 1.82) is 0 Å². The molecule has 4 rings (SSSR count). The summed E-state index contributed by atoms with van der Waals surface area (Å²) in [6, 6.07) is 7.47. The van der Waals surface area contributed by atoms with E-state index in [1.807, 2.05) is 24.3 Å². The van der Waals surface area contributed by atoms with Crippen molar-refractivity contribution in [2.24, 2.45) is 5.92 Å². The normalized spacial score (nSPS) is 23.8. The zero-order chi connectivity index (χ0) is 16.7. The fourth-order valence-electron chi connectivity index (χ4n) is 3.44. The minimum Gasteiger partial charge on any atom is -0.449 e. The van der Waals surface area contributed by atoms with E-state index in [-0.39, 0.29) is 24.0 Å². The number of cyclic esters (lactones) is 1. The average Bonchev–Trinajstić information content (AvgIpc) is 2.63. The molecule has 124 valence electrons. The molecular weight excluding hydrogens is 308 g/mol. The van der Waals surface area contributed by atoms with Crippen LogP contribution in [0, 0.1) is 5.92 Å². The Morgan fingerprint density at radius 3 is 2.92 bits per heavy atom. The summed E-state index contributed by atoms with van der Waals surface area (Å²) in [6.45, 7) is 1.58. The van der Waals surface area contributed by atoms with Gasteiger partial charge in [-0.05, 0) is 18.6 Å². The molecule has 2 atom stereocenters. The van der Waals surface area contributed by atoms with Crippen LogP contribution in [0.2, 0.25) is 0 Å². The zero-order valence-electron chi connectivity index (χ0n) is 13.4. The molecule has 0 spiro atoms. The maximum Gasteiger partial charge on any atom is 0.409 e. The topological polar surface area (TPSA) is 75.6 Å². The van der Waals surface area contributed by atoms with Gasteiger partial charge in [0, 0.05) is 26.1 Å². The first-order valence-corrected chi connectivity index (χ1v) is 8.04. The van der Waals surface area contributed by atoms with E-state index in [4.69, 9.17) is 4.74 Å². The van der Waals surface area contributed by atoms with Gasteiger partial charge in [0.2, 0.25) is 0 Å². The number of carbonyl (C=O) groups excluding carboxylic acids is 2. The number of benzene rings is 1. The summed E-state index contributed by atoms with van der Waals surface area (Å²) in [4.78, 5) is 36.6. The van der Waals surface area contributed by atoms with Crippen LogP contribution in [-0.2, 0) is 4.74 Å². The number of aromatic nitrogens is 2. The summed E-state index contributed by atoms with van der Waals surface area (Å²) in [5.41, 5.74) is 1.81. The zero-order valence-corrected chi connectivity index (χ0v) is 13.4. The molecule has 2 aliphatic heterocycles. The Balaban J connectivity index is 1.56. The van der Waals surface area contributed by atoms with Gasteiger partial charge in [-0.3, -0.25) is 9.78 Å². The molecule has 0 bridgehead atoms. The van der Waals surface area contributed by atoms with Crippen molar-refractivity contribution >= 4 is 23.0 Å². The lowest BCUT2D eigenvalue weighted by Crippen LogP contribution is -2.58.